The van der Waals surface area contributed by atoms with Crippen molar-refractivity contribution in [3.05, 3.63) is 42.0 Å². The molecule has 1 aromatic rings. The molecule has 0 heterocycles. The Morgan fingerprint density at radius 2 is 1.74 bits per heavy atom. The molecule has 0 aromatic heterocycles. The molecule has 0 fully saturated rings. The first kappa shape index (κ1) is 18.9. The Morgan fingerprint density at radius 1 is 1.09 bits per heavy atom. The number of hydrogen-bond donors (Lipinski definition) is 0. The van der Waals surface area contributed by atoms with Gasteiger partial charge in [-0.05, 0) is 38.8 Å². The fourth-order valence-electron chi connectivity index (χ4n) is 2.21. The van der Waals surface area contributed by atoms with Crippen molar-refractivity contribution in [2.75, 3.05) is 0 Å². The lowest BCUT2D eigenvalue weighted by Crippen LogP contribution is -2.32. The molecule has 0 saturated carbocycles. The van der Waals surface area contributed by atoms with E-state index in [0.29, 0.717) is 6.42 Å². The van der Waals surface area contributed by atoms with Gasteiger partial charge < -0.3 is 9.47 Å². The van der Waals surface area contributed by atoms with Gasteiger partial charge in [-0.15, -0.1) is 0 Å². The number of hydrogen-bond acceptors (Lipinski definition) is 4. The summed E-state index contributed by atoms with van der Waals surface area (Å²) in [6.45, 7) is 7.33. The van der Waals surface area contributed by atoms with Gasteiger partial charge in [0, 0.05) is 6.08 Å². The van der Waals surface area contributed by atoms with Crippen LogP contribution in [0, 0.1) is 5.92 Å². The fraction of sp³-hybridized carbons (Fsp3) is 0.474. The average molecular weight is 318 g/mol. The molecular formula is C19H26O4. The van der Waals surface area contributed by atoms with Gasteiger partial charge in [0.25, 0.3) is 0 Å². The smallest absolute Gasteiger partial charge is 0.331 e. The van der Waals surface area contributed by atoms with Crippen molar-refractivity contribution in [3.8, 4) is 0 Å². The molecule has 0 aliphatic rings. The van der Waals surface area contributed by atoms with E-state index in [1.807, 2.05) is 37.3 Å². The first-order chi connectivity index (χ1) is 10.9. The molecule has 126 valence electrons. The minimum Gasteiger partial charge on any atom is -0.463 e. The third kappa shape index (κ3) is 7.13. The van der Waals surface area contributed by atoms with E-state index in [9.17, 15) is 9.59 Å². The molecule has 0 N–H and O–H groups in total. The van der Waals surface area contributed by atoms with Crippen LogP contribution in [0.4, 0.5) is 0 Å². The lowest BCUT2D eigenvalue weighted by Gasteiger charge is -2.22. The molecule has 0 saturated heterocycles. The Balaban J connectivity index is 2.63. The van der Waals surface area contributed by atoms with Crippen LogP contribution in [0.1, 0.15) is 46.1 Å². The van der Waals surface area contributed by atoms with Gasteiger partial charge in [0.2, 0.25) is 0 Å². The maximum absolute atomic E-state index is 12.1. The topological polar surface area (TPSA) is 52.6 Å². The highest BCUT2D eigenvalue weighted by Gasteiger charge is 2.28. The van der Waals surface area contributed by atoms with Gasteiger partial charge >= 0.3 is 11.9 Å². The van der Waals surface area contributed by atoms with Crippen LogP contribution in [-0.4, -0.2) is 24.1 Å². The van der Waals surface area contributed by atoms with Crippen molar-refractivity contribution in [2.24, 2.45) is 5.92 Å². The maximum Gasteiger partial charge on any atom is 0.331 e. The van der Waals surface area contributed by atoms with Crippen molar-refractivity contribution in [3.63, 3.8) is 0 Å². The summed E-state index contributed by atoms with van der Waals surface area (Å²) in [5.74, 6) is -1.20. The van der Waals surface area contributed by atoms with Crippen molar-refractivity contribution >= 4 is 18.0 Å². The Kier molecular flexibility index (Phi) is 8.09. The first-order valence-corrected chi connectivity index (χ1v) is 8.08. The number of carbonyl (C=O) groups is 2. The number of ether oxygens (including phenoxy) is 2. The summed E-state index contributed by atoms with van der Waals surface area (Å²) in [5, 5.41) is 0. The molecule has 0 amide bonds. The van der Waals surface area contributed by atoms with Crippen LogP contribution >= 0.6 is 0 Å². The van der Waals surface area contributed by atoms with Crippen molar-refractivity contribution < 1.29 is 19.1 Å². The van der Waals surface area contributed by atoms with E-state index in [2.05, 4.69) is 0 Å². The lowest BCUT2D eigenvalue weighted by molar-refractivity contribution is -0.161. The Morgan fingerprint density at radius 3 is 2.30 bits per heavy atom. The molecule has 0 aliphatic carbocycles. The second kappa shape index (κ2) is 9.82. The standard InChI is InChI=1S/C19H26O4/c1-5-9-17(19(21)22-14(2)3)15(4)23-18(20)13-12-16-10-7-6-8-11-16/h6-8,10-15,17H,5,9H2,1-4H3. The molecule has 23 heavy (non-hydrogen) atoms. The zero-order valence-corrected chi connectivity index (χ0v) is 14.3. The fourth-order valence-corrected chi connectivity index (χ4v) is 2.21. The summed E-state index contributed by atoms with van der Waals surface area (Å²) in [6, 6.07) is 9.49. The van der Waals surface area contributed by atoms with Gasteiger partial charge in [-0.2, -0.15) is 0 Å². The quantitative estimate of drug-likeness (QED) is 0.537. The van der Waals surface area contributed by atoms with Gasteiger partial charge in [0.05, 0.1) is 12.0 Å². The molecular weight excluding hydrogens is 292 g/mol. The van der Waals surface area contributed by atoms with Crippen molar-refractivity contribution in [1.82, 2.24) is 0 Å². The highest BCUT2D eigenvalue weighted by atomic mass is 16.6. The molecule has 1 aromatic carbocycles. The van der Waals surface area contributed by atoms with Crippen LogP contribution in [0.3, 0.4) is 0 Å². The highest BCUT2D eigenvalue weighted by Crippen LogP contribution is 2.18. The normalized spacial score (nSPS) is 13.8. The molecule has 1 rings (SSSR count). The number of carbonyl (C=O) groups excluding carboxylic acids is 2. The highest BCUT2D eigenvalue weighted by molar-refractivity contribution is 5.87. The average Bonchev–Trinajstić information content (AvgIpc) is 2.50. The number of benzene rings is 1. The van der Waals surface area contributed by atoms with Crippen molar-refractivity contribution in [2.45, 2.75) is 52.7 Å². The third-order valence-electron chi connectivity index (χ3n) is 3.33. The minimum atomic E-state index is -0.519. The second-order valence-electron chi connectivity index (χ2n) is 5.77. The summed E-state index contributed by atoms with van der Waals surface area (Å²) < 4.78 is 10.6. The Hall–Kier alpha value is -2.10. The van der Waals surface area contributed by atoms with E-state index in [1.165, 1.54) is 6.08 Å². The Labute approximate surface area is 138 Å². The maximum atomic E-state index is 12.1. The largest absolute Gasteiger partial charge is 0.463 e. The zero-order valence-electron chi connectivity index (χ0n) is 14.3. The van der Waals surface area contributed by atoms with E-state index in [-0.39, 0.29) is 12.1 Å². The summed E-state index contributed by atoms with van der Waals surface area (Å²) in [4.78, 5) is 24.0. The predicted molar refractivity (Wildman–Crippen MR) is 90.7 cm³/mol. The summed E-state index contributed by atoms with van der Waals surface area (Å²) in [6.07, 6.45) is 3.82. The van der Waals surface area contributed by atoms with Crippen molar-refractivity contribution in [1.29, 1.82) is 0 Å². The van der Waals surface area contributed by atoms with E-state index in [0.717, 1.165) is 12.0 Å². The summed E-state index contributed by atoms with van der Waals surface area (Å²) >= 11 is 0. The molecule has 0 spiro atoms. The second-order valence-corrected chi connectivity index (χ2v) is 5.77. The van der Waals surface area contributed by atoms with Crippen LogP contribution in [0.15, 0.2) is 36.4 Å². The molecule has 2 unspecified atom stereocenters. The van der Waals surface area contributed by atoms with Crippen LogP contribution < -0.4 is 0 Å². The molecule has 0 aliphatic heterocycles. The molecule has 0 bridgehead atoms. The van der Waals surface area contributed by atoms with Gasteiger partial charge in [-0.1, -0.05) is 43.7 Å². The monoisotopic (exact) mass is 318 g/mol. The summed E-state index contributed by atoms with van der Waals surface area (Å²) in [5.41, 5.74) is 0.918. The number of esters is 2. The van der Waals surface area contributed by atoms with Crippen LogP contribution in [-0.2, 0) is 19.1 Å². The minimum absolute atomic E-state index is 0.178. The van der Waals surface area contributed by atoms with Crippen LogP contribution in [0.5, 0.6) is 0 Å². The van der Waals surface area contributed by atoms with E-state index < -0.39 is 18.0 Å². The van der Waals surface area contributed by atoms with E-state index >= 15 is 0 Å². The van der Waals surface area contributed by atoms with Gasteiger partial charge in [0.1, 0.15) is 6.10 Å². The summed E-state index contributed by atoms with van der Waals surface area (Å²) in [7, 11) is 0. The van der Waals surface area contributed by atoms with Gasteiger partial charge in [-0.3, -0.25) is 4.79 Å². The van der Waals surface area contributed by atoms with E-state index in [1.54, 1.807) is 26.8 Å². The first-order valence-electron chi connectivity index (χ1n) is 8.08. The SMILES string of the molecule is CCCC(C(=O)OC(C)C)C(C)OC(=O)C=Cc1ccccc1. The Bertz CT molecular complexity index is 519. The van der Waals surface area contributed by atoms with Crippen LogP contribution in [0.25, 0.3) is 6.08 Å². The predicted octanol–water partition coefficient (Wildman–Crippen LogP) is 4.00. The third-order valence-corrected chi connectivity index (χ3v) is 3.33. The zero-order chi connectivity index (χ0) is 17.2. The van der Waals surface area contributed by atoms with Gasteiger partial charge in [-0.25, -0.2) is 4.79 Å². The van der Waals surface area contributed by atoms with E-state index in [4.69, 9.17) is 9.47 Å². The van der Waals surface area contributed by atoms with Gasteiger partial charge in [0.15, 0.2) is 0 Å². The molecule has 4 heteroatoms. The molecule has 4 nitrogen and oxygen atoms in total. The molecule has 2 atom stereocenters. The number of rotatable bonds is 8. The molecule has 0 radical (unpaired) electrons. The lowest BCUT2D eigenvalue weighted by atomic mass is 9.98. The van der Waals surface area contributed by atoms with Crippen LogP contribution in [0.2, 0.25) is 0 Å².